The SMILES string of the molecule is C[Si](C)O[Si]c1cccc2ccc3cc4ccccc4cc3c12. The van der Waals surface area contributed by atoms with E-state index in [1.165, 1.54) is 37.5 Å². The van der Waals surface area contributed by atoms with Crippen LogP contribution in [0.1, 0.15) is 0 Å². The summed E-state index contributed by atoms with van der Waals surface area (Å²) in [5.41, 5.74) is 0. The summed E-state index contributed by atoms with van der Waals surface area (Å²) in [6.07, 6.45) is 0. The molecule has 0 amide bonds. The van der Waals surface area contributed by atoms with Gasteiger partial charge in [-0.05, 0) is 62.7 Å². The first-order valence-electron chi connectivity index (χ1n) is 7.79. The van der Waals surface area contributed by atoms with E-state index < -0.39 is 9.04 Å². The third-order valence-corrected chi connectivity index (χ3v) is 6.77. The van der Waals surface area contributed by atoms with Crippen molar-refractivity contribution in [2.24, 2.45) is 0 Å². The fourth-order valence-corrected chi connectivity index (χ4v) is 4.85. The Morgan fingerprint density at radius 2 is 1.43 bits per heavy atom. The van der Waals surface area contributed by atoms with Gasteiger partial charge in [0.15, 0.2) is 9.04 Å². The topological polar surface area (TPSA) is 9.23 Å². The summed E-state index contributed by atoms with van der Waals surface area (Å²) >= 11 is 0. The molecular weight excluding hydrogens is 312 g/mol. The second-order valence-electron chi connectivity index (χ2n) is 6.00. The second kappa shape index (κ2) is 5.92. The fraction of sp³-hybridized carbons (Fsp3) is 0.100. The zero-order chi connectivity index (χ0) is 15.8. The van der Waals surface area contributed by atoms with Crippen LogP contribution in [0.5, 0.6) is 0 Å². The molecule has 0 bridgehead atoms. The van der Waals surface area contributed by atoms with Gasteiger partial charge in [-0.1, -0.05) is 54.6 Å². The average molecular weight is 330 g/mol. The first-order valence-corrected chi connectivity index (χ1v) is 11.1. The van der Waals surface area contributed by atoms with E-state index in [1.54, 1.807) is 0 Å². The number of hydrogen-bond donors (Lipinski definition) is 0. The Kier molecular flexibility index (Phi) is 3.77. The van der Waals surface area contributed by atoms with Crippen LogP contribution < -0.4 is 5.19 Å². The van der Waals surface area contributed by atoms with Crippen molar-refractivity contribution in [2.45, 2.75) is 13.1 Å². The van der Waals surface area contributed by atoms with Crippen LogP contribution in [0.4, 0.5) is 0 Å². The highest BCUT2D eigenvalue weighted by Gasteiger charge is 2.09. The van der Waals surface area contributed by atoms with Gasteiger partial charge >= 0.3 is 0 Å². The normalized spacial score (nSPS) is 11.8. The number of benzene rings is 4. The summed E-state index contributed by atoms with van der Waals surface area (Å²) in [6.45, 7) is 4.38. The van der Waals surface area contributed by atoms with E-state index >= 15 is 0 Å². The van der Waals surface area contributed by atoms with Gasteiger partial charge in [0.1, 0.15) is 0 Å². The molecule has 23 heavy (non-hydrogen) atoms. The lowest BCUT2D eigenvalue weighted by Gasteiger charge is -2.11. The highest BCUT2D eigenvalue weighted by atomic mass is 28.3. The lowest BCUT2D eigenvalue weighted by atomic mass is 9.98. The van der Waals surface area contributed by atoms with E-state index in [-0.39, 0.29) is 0 Å². The van der Waals surface area contributed by atoms with Gasteiger partial charge in [-0.2, -0.15) is 0 Å². The Hall–Kier alpha value is -1.95. The zero-order valence-electron chi connectivity index (χ0n) is 13.3. The summed E-state index contributed by atoms with van der Waals surface area (Å²) in [4.78, 5) is 0. The molecule has 3 heteroatoms. The Balaban J connectivity index is 2.03. The van der Waals surface area contributed by atoms with Crippen molar-refractivity contribution in [3.05, 3.63) is 66.7 Å². The van der Waals surface area contributed by atoms with E-state index in [2.05, 4.69) is 79.8 Å². The molecule has 3 radical (unpaired) electrons. The number of hydrogen-bond acceptors (Lipinski definition) is 1. The van der Waals surface area contributed by atoms with E-state index in [0.29, 0.717) is 9.76 Å². The molecule has 0 saturated carbocycles. The maximum absolute atomic E-state index is 6.00. The lowest BCUT2D eigenvalue weighted by molar-refractivity contribution is 0.635. The van der Waals surface area contributed by atoms with Gasteiger partial charge in [0, 0.05) is 0 Å². The van der Waals surface area contributed by atoms with Crippen molar-refractivity contribution in [1.82, 2.24) is 0 Å². The molecule has 0 fully saturated rings. The Morgan fingerprint density at radius 1 is 0.739 bits per heavy atom. The monoisotopic (exact) mass is 329 g/mol. The predicted octanol–water partition coefficient (Wildman–Crippen LogP) is 4.66. The zero-order valence-corrected chi connectivity index (χ0v) is 15.3. The van der Waals surface area contributed by atoms with Crippen LogP contribution in [0.2, 0.25) is 13.1 Å². The third-order valence-electron chi connectivity index (χ3n) is 4.09. The minimum absolute atomic E-state index is 0.424. The molecule has 4 aromatic carbocycles. The molecule has 0 saturated heterocycles. The van der Waals surface area contributed by atoms with Crippen LogP contribution in [-0.2, 0) is 4.12 Å². The number of fused-ring (bicyclic) bond motifs is 4. The fourth-order valence-electron chi connectivity index (χ4n) is 3.04. The molecule has 0 unspecified atom stereocenters. The molecule has 0 aromatic heterocycles. The van der Waals surface area contributed by atoms with Gasteiger partial charge in [0.25, 0.3) is 9.76 Å². The van der Waals surface area contributed by atoms with Crippen molar-refractivity contribution in [3.8, 4) is 0 Å². The standard InChI is InChI=1S/C20H17OSi2/c1-23(2)21-22-19-9-5-8-14-10-11-17-12-15-6-3-4-7-16(15)13-18(17)20(14)19/h3-13H,1-2H3. The first kappa shape index (κ1) is 14.6. The molecule has 4 rings (SSSR count). The molecule has 1 nitrogen and oxygen atoms in total. The third kappa shape index (κ3) is 2.72. The molecule has 4 aromatic rings. The summed E-state index contributed by atoms with van der Waals surface area (Å²) in [5, 5.41) is 9.17. The maximum atomic E-state index is 6.00. The maximum Gasteiger partial charge on any atom is 0.257 e. The van der Waals surface area contributed by atoms with Crippen LogP contribution in [0.25, 0.3) is 32.3 Å². The van der Waals surface area contributed by atoms with Gasteiger partial charge in [0.2, 0.25) is 0 Å². The minimum atomic E-state index is -0.675. The van der Waals surface area contributed by atoms with Crippen LogP contribution in [-0.4, -0.2) is 18.8 Å². The molecule has 111 valence electrons. The van der Waals surface area contributed by atoms with Gasteiger partial charge in [0.05, 0.1) is 0 Å². The van der Waals surface area contributed by atoms with Crippen LogP contribution in [0.15, 0.2) is 66.7 Å². The van der Waals surface area contributed by atoms with Gasteiger partial charge in [-0.3, -0.25) is 0 Å². The van der Waals surface area contributed by atoms with Crippen LogP contribution in [0, 0.1) is 0 Å². The van der Waals surface area contributed by atoms with Crippen molar-refractivity contribution in [3.63, 3.8) is 0 Å². The highest BCUT2D eigenvalue weighted by Crippen LogP contribution is 2.28. The Bertz CT molecular complexity index is 1010. The largest absolute Gasteiger partial charge is 0.453 e. The van der Waals surface area contributed by atoms with Gasteiger partial charge in [-0.25, -0.2) is 0 Å². The summed E-state index contributed by atoms with van der Waals surface area (Å²) < 4.78 is 6.00. The average Bonchev–Trinajstić information content (AvgIpc) is 2.57. The lowest BCUT2D eigenvalue weighted by Crippen LogP contribution is -2.23. The van der Waals surface area contributed by atoms with E-state index in [0.717, 1.165) is 0 Å². The molecule has 0 aliphatic carbocycles. The van der Waals surface area contributed by atoms with Crippen LogP contribution in [0.3, 0.4) is 0 Å². The van der Waals surface area contributed by atoms with Gasteiger partial charge < -0.3 is 4.12 Å². The summed E-state index contributed by atoms with van der Waals surface area (Å²) in [7, 11) is -0.251. The molecule has 0 N–H and O–H groups in total. The van der Waals surface area contributed by atoms with E-state index in [9.17, 15) is 0 Å². The molecule has 0 aliphatic rings. The molecule has 0 atom stereocenters. The van der Waals surface area contributed by atoms with Crippen molar-refractivity contribution >= 4 is 56.3 Å². The molecular formula is C20H17OSi2. The summed E-state index contributed by atoms with van der Waals surface area (Å²) in [6, 6.07) is 24.2. The summed E-state index contributed by atoms with van der Waals surface area (Å²) in [5.74, 6) is 0. The van der Waals surface area contributed by atoms with E-state index in [1.807, 2.05) is 0 Å². The van der Waals surface area contributed by atoms with Crippen molar-refractivity contribution < 1.29 is 4.12 Å². The highest BCUT2D eigenvalue weighted by molar-refractivity contribution is 6.63. The molecule has 0 aliphatic heterocycles. The Labute approximate surface area is 140 Å². The van der Waals surface area contributed by atoms with Crippen molar-refractivity contribution in [1.29, 1.82) is 0 Å². The number of rotatable bonds is 3. The molecule has 0 heterocycles. The minimum Gasteiger partial charge on any atom is -0.453 e. The smallest absolute Gasteiger partial charge is 0.257 e. The Morgan fingerprint density at radius 3 is 2.22 bits per heavy atom. The van der Waals surface area contributed by atoms with Gasteiger partial charge in [-0.15, -0.1) is 0 Å². The predicted molar refractivity (Wildman–Crippen MR) is 103 cm³/mol. The quantitative estimate of drug-likeness (QED) is 0.302. The van der Waals surface area contributed by atoms with E-state index in [4.69, 9.17) is 4.12 Å². The second-order valence-corrected chi connectivity index (χ2v) is 9.38. The first-order chi connectivity index (χ1) is 11.2. The molecule has 0 spiro atoms. The van der Waals surface area contributed by atoms with Crippen LogP contribution >= 0.6 is 0 Å². The van der Waals surface area contributed by atoms with Crippen molar-refractivity contribution in [2.75, 3.05) is 0 Å².